The monoisotopic (exact) mass is 372 g/mol. The minimum absolute atomic E-state index is 0.0515. The van der Waals surface area contributed by atoms with E-state index in [2.05, 4.69) is 5.32 Å². The highest BCUT2D eigenvalue weighted by molar-refractivity contribution is 6.31. The molecule has 0 fully saturated rings. The van der Waals surface area contributed by atoms with Crippen LogP contribution in [0.5, 0.6) is 0 Å². The Balaban J connectivity index is 1.98. The molecule has 0 spiro atoms. The molecule has 0 saturated heterocycles. The topological polar surface area (TPSA) is 51.1 Å². The standard InChI is InChI=1S/C20H18ClFN2O2/c1-3-24-11-17(19(25)16-10-14(21)6-9-18(16)24)20(26)23-12(2)13-4-7-15(22)8-5-13/h4-12H,3H2,1-2H3,(H,23,26). The molecule has 2 aromatic carbocycles. The predicted molar refractivity (Wildman–Crippen MR) is 101 cm³/mol. The third-order valence-electron chi connectivity index (χ3n) is 4.35. The average molecular weight is 373 g/mol. The summed E-state index contributed by atoms with van der Waals surface area (Å²) in [6.45, 7) is 4.31. The number of aryl methyl sites for hydroxylation is 1. The van der Waals surface area contributed by atoms with E-state index in [1.54, 1.807) is 43.5 Å². The van der Waals surface area contributed by atoms with Gasteiger partial charge in [0.05, 0.1) is 11.6 Å². The highest BCUT2D eigenvalue weighted by Crippen LogP contribution is 2.18. The summed E-state index contributed by atoms with van der Waals surface area (Å²) in [6.07, 6.45) is 1.56. The van der Waals surface area contributed by atoms with Crippen LogP contribution < -0.4 is 10.7 Å². The number of benzene rings is 2. The molecule has 134 valence electrons. The molecule has 6 heteroatoms. The number of hydrogen-bond acceptors (Lipinski definition) is 2. The largest absolute Gasteiger partial charge is 0.347 e. The van der Waals surface area contributed by atoms with E-state index < -0.39 is 5.91 Å². The Morgan fingerprint density at radius 3 is 2.58 bits per heavy atom. The molecule has 0 aliphatic heterocycles. The number of carbonyl (C=O) groups is 1. The zero-order chi connectivity index (χ0) is 18.8. The second-order valence-electron chi connectivity index (χ2n) is 6.07. The lowest BCUT2D eigenvalue weighted by Crippen LogP contribution is -2.31. The summed E-state index contributed by atoms with van der Waals surface area (Å²) in [5, 5.41) is 3.64. The number of pyridine rings is 1. The van der Waals surface area contributed by atoms with Crippen molar-refractivity contribution in [3.8, 4) is 0 Å². The summed E-state index contributed by atoms with van der Waals surface area (Å²) in [5.41, 5.74) is 1.16. The number of aromatic nitrogens is 1. The minimum atomic E-state index is -0.476. The third-order valence-corrected chi connectivity index (χ3v) is 4.58. The van der Waals surface area contributed by atoms with Crippen molar-refractivity contribution < 1.29 is 9.18 Å². The Kier molecular flexibility index (Phi) is 5.09. The van der Waals surface area contributed by atoms with Crippen LogP contribution in [0.3, 0.4) is 0 Å². The smallest absolute Gasteiger partial charge is 0.257 e. The molecule has 3 rings (SSSR count). The highest BCUT2D eigenvalue weighted by Gasteiger charge is 2.18. The van der Waals surface area contributed by atoms with Crippen LogP contribution in [-0.2, 0) is 6.54 Å². The Morgan fingerprint density at radius 2 is 1.92 bits per heavy atom. The molecule has 1 atom stereocenters. The molecule has 1 N–H and O–H groups in total. The normalized spacial score (nSPS) is 12.2. The Bertz CT molecular complexity index is 1030. The van der Waals surface area contributed by atoms with Crippen molar-refractivity contribution in [2.45, 2.75) is 26.4 Å². The maximum atomic E-state index is 13.1. The molecule has 4 nitrogen and oxygen atoms in total. The van der Waals surface area contributed by atoms with Crippen molar-refractivity contribution in [3.63, 3.8) is 0 Å². The van der Waals surface area contributed by atoms with Crippen LogP contribution in [0.2, 0.25) is 5.02 Å². The molecule has 0 radical (unpaired) electrons. The van der Waals surface area contributed by atoms with Crippen molar-refractivity contribution in [1.29, 1.82) is 0 Å². The fourth-order valence-electron chi connectivity index (χ4n) is 2.90. The van der Waals surface area contributed by atoms with E-state index in [-0.39, 0.29) is 22.9 Å². The summed E-state index contributed by atoms with van der Waals surface area (Å²) in [4.78, 5) is 25.5. The molecule has 0 aliphatic carbocycles. The van der Waals surface area contributed by atoms with Crippen molar-refractivity contribution in [2.75, 3.05) is 0 Å². The first-order valence-corrected chi connectivity index (χ1v) is 8.67. The lowest BCUT2D eigenvalue weighted by atomic mass is 10.1. The third kappa shape index (κ3) is 3.48. The van der Waals surface area contributed by atoms with Gasteiger partial charge < -0.3 is 9.88 Å². The first-order chi connectivity index (χ1) is 12.4. The average Bonchev–Trinajstić information content (AvgIpc) is 2.62. The van der Waals surface area contributed by atoms with Gasteiger partial charge in [0, 0.05) is 23.2 Å². The number of fused-ring (bicyclic) bond motifs is 1. The summed E-state index contributed by atoms with van der Waals surface area (Å²) in [6, 6.07) is 10.6. The highest BCUT2D eigenvalue weighted by atomic mass is 35.5. The molecule has 0 saturated carbocycles. The van der Waals surface area contributed by atoms with Gasteiger partial charge in [-0.25, -0.2) is 4.39 Å². The fourth-order valence-corrected chi connectivity index (χ4v) is 3.07. The van der Waals surface area contributed by atoms with Gasteiger partial charge in [-0.05, 0) is 49.7 Å². The van der Waals surface area contributed by atoms with E-state index in [1.165, 1.54) is 12.1 Å². The van der Waals surface area contributed by atoms with Crippen LogP contribution in [0.25, 0.3) is 10.9 Å². The molecular formula is C20H18ClFN2O2. The van der Waals surface area contributed by atoms with Gasteiger partial charge in [-0.1, -0.05) is 23.7 Å². The number of nitrogens with zero attached hydrogens (tertiary/aromatic N) is 1. The first-order valence-electron chi connectivity index (χ1n) is 8.29. The van der Waals surface area contributed by atoms with Gasteiger partial charge in [-0.3, -0.25) is 9.59 Å². The molecule has 3 aromatic rings. The molecule has 0 bridgehead atoms. The quantitative estimate of drug-likeness (QED) is 0.742. The van der Waals surface area contributed by atoms with E-state index in [9.17, 15) is 14.0 Å². The van der Waals surface area contributed by atoms with Gasteiger partial charge >= 0.3 is 0 Å². The van der Waals surface area contributed by atoms with Gasteiger partial charge in [-0.2, -0.15) is 0 Å². The van der Waals surface area contributed by atoms with Crippen molar-refractivity contribution in [1.82, 2.24) is 9.88 Å². The summed E-state index contributed by atoms with van der Waals surface area (Å²) >= 11 is 6.02. The Hall–Kier alpha value is -2.66. The van der Waals surface area contributed by atoms with Gasteiger partial charge in [-0.15, -0.1) is 0 Å². The summed E-state index contributed by atoms with van der Waals surface area (Å²) < 4.78 is 14.9. The van der Waals surface area contributed by atoms with E-state index in [4.69, 9.17) is 11.6 Å². The molecule has 26 heavy (non-hydrogen) atoms. The lowest BCUT2D eigenvalue weighted by molar-refractivity contribution is 0.0938. The lowest BCUT2D eigenvalue weighted by Gasteiger charge is -2.16. The van der Waals surface area contributed by atoms with Crippen molar-refractivity contribution in [3.05, 3.63) is 80.9 Å². The van der Waals surface area contributed by atoms with Crippen LogP contribution in [0, 0.1) is 5.82 Å². The molecule has 1 aromatic heterocycles. The molecule has 0 aliphatic rings. The van der Waals surface area contributed by atoms with Crippen LogP contribution in [0.1, 0.15) is 35.8 Å². The van der Waals surface area contributed by atoms with Crippen molar-refractivity contribution >= 4 is 28.4 Å². The molecular weight excluding hydrogens is 355 g/mol. The zero-order valence-electron chi connectivity index (χ0n) is 14.4. The van der Waals surface area contributed by atoms with Gasteiger partial charge in [0.1, 0.15) is 11.4 Å². The number of hydrogen-bond donors (Lipinski definition) is 1. The van der Waals surface area contributed by atoms with E-state index >= 15 is 0 Å². The number of amides is 1. The number of carbonyl (C=O) groups excluding carboxylic acids is 1. The van der Waals surface area contributed by atoms with Crippen LogP contribution in [0.4, 0.5) is 4.39 Å². The minimum Gasteiger partial charge on any atom is -0.347 e. The predicted octanol–water partition coefficient (Wildman–Crippen LogP) is 4.30. The SMILES string of the molecule is CCn1cc(C(=O)NC(C)c2ccc(F)cc2)c(=O)c2cc(Cl)ccc21. The first kappa shape index (κ1) is 18.1. The zero-order valence-corrected chi connectivity index (χ0v) is 15.2. The maximum absolute atomic E-state index is 13.1. The molecule has 1 unspecified atom stereocenters. The number of halogens is 2. The van der Waals surface area contributed by atoms with Gasteiger partial charge in [0.2, 0.25) is 5.43 Å². The van der Waals surface area contributed by atoms with E-state index in [0.29, 0.717) is 17.0 Å². The Labute approximate surface area is 155 Å². The van der Waals surface area contributed by atoms with Gasteiger partial charge in [0.25, 0.3) is 5.91 Å². The molecule has 1 amide bonds. The van der Waals surface area contributed by atoms with Crippen LogP contribution >= 0.6 is 11.6 Å². The molecule has 1 heterocycles. The second-order valence-corrected chi connectivity index (χ2v) is 6.50. The van der Waals surface area contributed by atoms with Gasteiger partial charge in [0.15, 0.2) is 0 Å². The number of rotatable bonds is 4. The number of nitrogens with one attached hydrogen (secondary N) is 1. The van der Waals surface area contributed by atoms with E-state index in [0.717, 1.165) is 11.1 Å². The summed E-state index contributed by atoms with van der Waals surface area (Å²) in [5.74, 6) is -0.819. The van der Waals surface area contributed by atoms with Crippen LogP contribution in [-0.4, -0.2) is 10.5 Å². The van der Waals surface area contributed by atoms with Crippen LogP contribution in [0.15, 0.2) is 53.5 Å². The van der Waals surface area contributed by atoms with E-state index in [1.807, 2.05) is 11.5 Å². The maximum Gasteiger partial charge on any atom is 0.257 e. The van der Waals surface area contributed by atoms with Crippen molar-refractivity contribution in [2.24, 2.45) is 0 Å². The fraction of sp³-hybridized carbons (Fsp3) is 0.200. The second kappa shape index (κ2) is 7.30. The summed E-state index contributed by atoms with van der Waals surface area (Å²) in [7, 11) is 0. The Morgan fingerprint density at radius 1 is 1.23 bits per heavy atom.